The van der Waals surface area contributed by atoms with E-state index in [4.69, 9.17) is 5.73 Å². The molecular weight excluding hydrogens is 273 g/mol. The van der Waals surface area contributed by atoms with Gasteiger partial charge in [0.1, 0.15) is 4.90 Å². The Bertz CT molecular complexity index is 371. The van der Waals surface area contributed by atoms with E-state index < -0.39 is 21.2 Å². The molecule has 0 fully saturated rings. The predicted molar refractivity (Wildman–Crippen MR) is 57.7 cm³/mol. The second-order valence-corrected chi connectivity index (χ2v) is 5.74. The first-order valence-corrected chi connectivity index (χ1v) is 5.95. The van der Waals surface area contributed by atoms with Crippen LogP contribution >= 0.6 is 22.6 Å². The molecule has 8 heteroatoms. The average molecular weight is 284 g/mol. The summed E-state index contributed by atoms with van der Waals surface area (Å²) in [6.45, 7) is 1.55. The number of nitrogens with two attached hydrogens (primary N) is 1. The molecule has 0 radical (unpaired) electrons. The van der Waals surface area contributed by atoms with Gasteiger partial charge in [-0.2, -0.15) is 0 Å². The average Bonchev–Trinajstić information content (AvgIpc) is 2.00. The second kappa shape index (κ2) is 3.48. The SMILES string of the molecule is C[C@H](N)c1ccc(S(F)(F)(F)(F)F)cc1.Cl. The molecule has 16 heavy (non-hydrogen) atoms. The van der Waals surface area contributed by atoms with Gasteiger partial charge in [0, 0.05) is 6.04 Å². The molecule has 0 saturated heterocycles. The standard InChI is InChI=1S/C8H10F5NS.ClH/c1-6(14)7-2-4-8(5-3-7)15(9,10,11,12)13;/h2-6H,14H2,1H3;1H/t6-;/m0./s1. The molecular formula is C8H11ClF5NS. The fraction of sp³-hybridized carbons (Fsp3) is 0.250. The molecule has 1 aromatic rings. The number of rotatable bonds is 2. The van der Waals surface area contributed by atoms with Gasteiger partial charge < -0.3 is 5.73 Å². The van der Waals surface area contributed by atoms with E-state index in [0.717, 1.165) is 12.1 Å². The van der Waals surface area contributed by atoms with Crippen molar-refractivity contribution in [3.63, 3.8) is 0 Å². The van der Waals surface area contributed by atoms with Crippen LogP contribution in [0.3, 0.4) is 0 Å². The number of halogens is 6. The highest BCUT2D eigenvalue weighted by molar-refractivity contribution is 8.45. The molecule has 0 amide bonds. The zero-order chi connectivity index (χ0) is 12.0. The third-order valence-corrected chi connectivity index (χ3v) is 3.01. The molecule has 1 rings (SSSR count). The Kier molecular flexibility index (Phi) is 3.36. The molecule has 0 saturated carbocycles. The first-order valence-electron chi connectivity index (χ1n) is 4.00. The van der Waals surface area contributed by atoms with Crippen LogP contribution in [0.5, 0.6) is 0 Å². The summed E-state index contributed by atoms with van der Waals surface area (Å²) in [7, 11) is -9.53. The van der Waals surface area contributed by atoms with Crippen LogP contribution in [0.15, 0.2) is 29.2 Å². The molecule has 0 spiro atoms. The van der Waals surface area contributed by atoms with Crippen molar-refractivity contribution >= 4 is 22.6 Å². The summed E-state index contributed by atoms with van der Waals surface area (Å²) in [4.78, 5) is -1.89. The lowest BCUT2D eigenvalue weighted by atomic mass is 10.1. The van der Waals surface area contributed by atoms with Gasteiger partial charge in [-0.1, -0.05) is 31.6 Å². The summed E-state index contributed by atoms with van der Waals surface area (Å²) in [5.74, 6) is 0. The van der Waals surface area contributed by atoms with Crippen molar-refractivity contribution in [2.75, 3.05) is 0 Å². The van der Waals surface area contributed by atoms with Gasteiger partial charge in [0.2, 0.25) is 0 Å². The van der Waals surface area contributed by atoms with E-state index in [-0.39, 0.29) is 12.4 Å². The first-order chi connectivity index (χ1) is 6.40. The zero-order valence-corrected chi connectivity index (χ0v) is 9.80. The Morgan fingerprint density at radius 3 is 1.62 bits per heavy atom. The molecule has 1 aromatic carbocycles. The van der Waals surface area contributed by atoms with Crippen molar-refractivity contribution in [3.8, 4) is 0 Å². The van der Waals surface area contributed by atoms with Crippen molar-refractivity contribution in [2.45, 2.75) is 17.9 Å². The Hall–Kier alpha value is -0.530. The highest BCUT2D eigenvalue weighted by Gasteiger charge is 2.65. The minimum absolute atomic E-state index is 0. The summed E-state index contributed by atoms with van der Waals surface area (Å²) < 4.78 is 61.2. The lowest BCUT2D eigenvalue weighted by Crippen LogP contribution is -2.08. The normalized spacial score (nSPS) is 17.9. The summed E-state index contributed by atoms with van der Waals surface area (Å²) in [6, 6.07) is 2.15. The number of benzene rings is 1. The first kappa shape index (κ1) is 15.5. The Morgan fingerprint density at radius 1 is 1.00 bits per heavy atom. The summed E-state index contributed by atoms with van der Waals surface area (Å²) >= 11 is 0. The fourth-order valence-electron chi connectivity index (χ4n) is 1.03. The molecule has 1 atom stereocenters. The van der Waals surface area contributed by atoms with E-state index in [2.05, 4.69) is 0 Å². The maximum atomic E-state index is 12.2. The Balaban J connectivity index is 0.00000225. The maximum Gasteiger partial charge on any atom is 0.310 e. The number of hydrogen-bond acceptors (Lipinski definition) is 1. The molecule has 0 bridgehead atoms. The monoisotopic (exact) mass is 283 g/mol. The van der Waals surface area contributed by atoms with Crippen molar-refractivity contribution in [1.29, 1.82) is 0 Å². The topological polar surface area (TPSA) is 26.0 Å². The van der Waals surface area contributed by atoms with Gasteiger partial charge in [-0.25, -0.2) is 0 Å². The minimum Gasteiger partial charge on any atom is -0.324 e. The van der Waals surface area contributed by atoms with Gasteiger partial charge in [0.15, 0.2) is 0 Å². The van der Waals surface area contributed by atoms with Crippen LogP contribution in [0.25, 0.3) is 0 Å². The van der Waals surface area contributed by atoms with Crippen LogP contribution in [-0.4, -0.2) is 0 Å². The molecule has 2 N–H and O–H groups in total. The highest BCUT2D eigenvalue weighted by Crippen LogP contribution is 3.02. The zero-order valence-electron chi connectivity index (χ0n) is 8.17. The predicted octanol–water partition coefficient (Wildman–Crippen LogP) is 4.79. The van der Waals surface area contributed by atoms with Crippen LogP contribution in [0.4, 0.5) is 19.4 Å². The molecule has 0 heterocycles. The summed E-state index contributed by atoms with van der Waals surface area (Å²) in [5, 5.41) is 0. The smallest absolute Gasteiger partial charge is 0.310 e. The van der Waals surface area contributed by atoms with E-state index in [1.807, 2.05) is 0 Å². The quantitative estimate of drug-likeness (QED) is 0.776. The number of hydrogen-bond donors (Lipinski definition) is 1. The van der Waals surface area contributed by atoms with E-state index in [1.165, 1.54) is 0 Å². The summed E-state index contributed by atoms with van der Waals surface area (Å²) in [5.41, 5.74) is 5.76. The lowest BCUT2D eigenvalue weighted by Gasteiger charge is -2.40. The van der Waals surface area contributed by atoms with Crippen molar-refractivity contribution in [2.24, 2.45) is 5.73 Å². The van der Waals surface area contributed by atoms with Crippen LogP contribution < -0.4 is 5.73 Å². The third kappa shape index (κ3) is 3.80. The Morgan fingerprint density at radius 2 is 1.38 bits per heavy atom. The lowest BCUT2D eigenvalue weighted by molar-refractivity contribution is 0.364. The van der Waals surface area contributed by atoms with E-state index >= 15 is 0 Å². The summed E-state index contributed by atoms with van der Waals surface area (Å²) in [6.07, 6.45) is 0. The van der Waals surface area contributed by atoms with E-state index in [0.29, 0.717) is 17.7 Å². The van der Waals surface area contributed by atoms with Crippen molar-refractivity contribution in [1.82, 2.24) is 0 Å². The second-order valence-electron chi connectivity index (χ2n) is 3.33. The van der Waals surface area contributed by atoms with Crippen LogP contribution in [0.1, 0.15) is 18.5 Å². The van der Waals surface area contributed by atoms with Gasteiger partial charge in [-0.3, -0.25) is 0 Å². The van der Waals surface area contributed by atoms with Gasteiger partial charge >= 0.3 is 10.2 Å². The Labute approximate surface area is 96.0 Å². The highest BCUT2D eigenvalue weighted by atomic mass is 35.5. The van der Waals surface area contributed by atoms with Crippen LogP contribution in [0, 0.1) is 0 Å². The molecule has 0 aliphatic rings. The molecule has 96 valence electrons. The van der Waals surface area contributed by atoms with Crippen molar-refractivity contribution < 1.29 is 19.4 Å². The van der Waals surface area contributed by atoms with Gasteiger partial charge in [-0.05, 0) is 24.6 Å². The van der Waals surface area contributed by atoms with Gasteiger partial charge in [0.05, 0.1) is 0 Å². The molecule has 0 aromatic heterocycles. The third-order valence-electron chi connectivity index (χ3n) is 1.85. The molecule has 0 aliphatic heterocycles. The molecule has 1 nitrogen and oxygen atoms in total. The molecule has 0 aliphatic carbocycles. The van der Waals surface area contributed by atoms with E-state index in [1.54, 1.807) is 6.92 Å². The van der Waals surface area contributed by atoms with Crippen LogP contribution in [0.2, 0.25) is 0 Å². The molecule has 0 unspecified atom stereocenters. The van der Waals surface area contributed by atoms with Crippen LogP contribution in [-0.2, 0) is 0 Å². The van der Waals surface area contributed by atoms with Gasteiger partial charge in [0.25, 0.3) is 0 Å². The van der Waals surface area contributed by atoms with Crippen molar-refractivity contribution in [3.05, 3.63) is 29.8 Å². The van der Waals surface area contributed by atoms with E-state index in [9.17, 15) is 19.4 Å². The minimum atomic E-state index is -9.53. The fourth-order valence-corrected chi connectivity index (χ4v) is 1.68. The van der Waals surface area contributed by atoms with Gasteiger partial charge in [-0.15, -0.1) is 12.4 Å². The maximum absolute atomic E-state index is 12.2. The largest absolute Gasteiger partial charge is 0.324 e.